The van der Waals surface area contributed by atoms with Crippen molar-refractivity contribution in [1.29, 1.82) is 0 Å². The van der Waals surface area contributed by atoms with Gasteiger partial charge in [0.05, 0.1) is 10.2 Å². The second kappa shape index (κ2) is 3.00. The van der Waals surface area contributed by atoms with E-state index >= 15 is 0 Å². The van der Waals surface area contributed by atoms with Crippen molar-refractivity contribution in [3.8, 4) is 0 Å². The molecule has 66 valence electrons. The molecule has 0 N–H and O–H groups in total. The summed E-state index contributed by atoms with van der Waals surface area (Å²) in [7, 11) is 0. The standard InChI is InChI=1S/C10H9NS2/c1-2-4-9-8(3-1)11-10(13-9)12-7-5-6-7/h1-4,7H,5-6H2. The summed E-state index contributed by atoms with van der Waals surface area (Å²) >= 11 is 3.76. The molecule has 0 spiro atoms. The fourth-order valence-electron chi connectivity index (χ4n) is 1.23. The van der Waals surface area contributed by atoms with Gasteiger partial charge in [-0.3, -0.25) is 0 Å². The van der Waals surface area contributed by atoms with Gasteiger partial charge in [-0.25, -0.2) is 4.98 Å². The molecule has 1 saturated carbocycles. The lowest BCUT2D eigenvalue weighted by atomic mass is 10.3. The molecule has 0 aliphatic heterocycles. The number of para-hydroxylation sites is 1. The maximum absolute atomic E-state index is 4.57. The Morgan fingerprint density at radius 1 is 1.31 bits per heavy atom. The van der Waals surface area contributed by atoms with E-state index in [1.165, 1.54) is 21.9 Å². The van der Waals surface area contributed by atoms with Crippen LogP contribution in [0.1, 0.15) is 12.8 Å². The van der Waals surface area contributed by atoms with Gasteiger partial charge < -0.3 is 0 Å². The molecule has 1 heterocycles. The molecule has 3 heteroatoms. The van der Waals surface area contributed by atoms with Crippen molar-refractivity contribution in [3.05, 3.63) is 24.3 Å². The fourth-order valence-corrected chi connectivity index (χ4v) is 3.60. The van der Waals surface area contributed by atoms with E-state index in [4.69, 9.17) is 0 Å². The lowest BCUT2D eigenvalue weighted by Crippen LogP contribution is -1.71. The third-order valence-electron chi connectivity index (χ3n) is 2.07. The van der Waals surface area contributed by atoms with E-state index in [0.29, 0.717) is 0 Å². The Hall–Kier alpha value is -0.540. The van der Waals surface area contributed by atoms with E-state index in [9.17, 15) is 0 Å². The molecule has 0 saturated heterocycles. The summed E-state index contributed by atoms with van der Waals surface area (Å²) < 4.78 is 2.55. The lowest BCUT2D eigenvalue weighted by molar-refractivity contribution is 1.29. The molecule has 0 atom stereocenters. The Balaban J connectivity index is 2.00. The second-order valence-electron chi connectivity index (χ2n) is 3.26. The first-order valence-corrected chi connectivity index (χ1v) is 6.14. The van der Waals surface area contributed by atoms with Gasteiger partial charge in [-0.15, -0.1) is 11.3 Å². The highest BCUT2D eigenvalue weighted by atomic mass is 32.2. The highest BCUT2D eigenvalue weighted by Gasteiger charge is 2.23. The first kappa shape index (κ1) is 7.83. The van der Waals surface area contributed by atoms with Crippen molar-refractivity contribution in [2.45, 2.75) is 22.4 Å². The molecule has 1 aromatic carbocycles. The number of nitrogens with zero attached hydrogens (tertiary/aromatic N) is 1. The average molecular weight is 207 g/mol. The highest BCUT2D eigenvalue weighted by Crippen LogP contribution is 2.41. The van der Waals surface area contributed by atoms with Gasteiger partial charge in [0.25, 0.3) is 0 Å². The molecule has 0 amide bonds. The van der Waals surface area contributed by atoms with Crippen LogP contribution in [0.3, 0.4) is 0 Å². The SMILES string of the molecule is c1ccc2sc(SC3CC3)nc2c1. The van der Waals surface area contributed by atoms with Crippen LogP contribution in [0.2, 0.25) is 0 Å². The molecule has 3 rings (SSSR count). The summed E-state index contributed by atoms with van der Waals surface area (Å²) in [4.78, 5) is 4.57. The Morgan fingerprint density at radius 3 is 2.92 bits per heavy atom. The minimum absolute atomic E-state index is 0.862. The molecule has 0 radical (unpaired) electrons. The quantitative estimate of drug-likeness (QED) is 0.747. The highest BCUT2D eigenvalue weighted by molar-refractivity contribution is 8.02. The summed E-state index contributed by atoms with van der Waals surface area (Å²) in [5, 5.41) is 0.862. The van der Waals surface area contributed by atoms with Gasteiger partial charge in [0, 0.05) is 5.25 Å². The number of rotatable bonds is 2. The molecule has 1 aromatic heterocycles. The van der Waals surface area contributed by atoms with Gasteiger partial charge in [0.15, 0.2) is 4.34 Å². The smallest absolute Gasteiger partial charge is 0.151 e. The van der Waals surface area contributed by atoms with E-state index in [0.717, 1.165) is 10.8 Å². The topological polar surface area (TPSA) is 12.9 Å². The zero-order chi connectivity index (χ0) is 8.67. The van der Waals surface area contributed by atoms with Crippen LogP contribution in [-0.2, 0) is 0 Å². The Kier molecular flexibility index (Phi) is 1.80. The Labute approximate surface area is 85.2 Å². The molecule has 1 aliphatic carbocycles. The predicted octanol–water partition coefficient (Wildman–Crippen LogP) is 3.55. The normalized spacial score (nSPS) is 16.6. The summed E-state index contributed by atoms with van der Waals surface area (Å²) in [6.07, 6.45) is 2.75. The first-order valence-electron chi connectivity index (χ1n) is 4.44. The van der Waals surface area contributed by atoms with Gasteiger partial charge in [0.1, 0.15) is 0 Å². The molecule has 1 nitrogen and oxygen atoms in total. The first-order chi connectivity index (χ1) is 6.42. The number of thiazole rings is 1. The van der Waals surface area contributed by atoms with E-state index in [-0.39, 0.29) is 0 Å². The van der Waals surface area contributed by atoms with E-state index in [1.807, 2.05) is 29.2 Å². The monoisotopic (exact) mass is 207 g/mol. The molecule has 0 bridgehead atoms. The largest absolute Gasteiger partial charge is 0.230 e. The summed E-state index contributed by atoms with van der Waals surface area (Å²) in [6, 6.07) is 8.35. The summed E-state index contributed by atoms with van der Waals surface area (Å²) in [5.41, 5.74) is 1.15. The van der Waals surface area contributed by atoms with Gasteiger partial charge in [0.2, 0.25) is 0 Å². The van der Waals surface area contributed by atoms with Crippen LogP contribution >= 0.6 is 23.1 Å². The van der Waals surface area contributed by atoms with Gasteiger partial charge >= 0.3 is 0 Å². The third-order valence-corrected chi connectivity index (χ3v) is 4.53. The van der Waals surface area contributed by atoms with E-state index < -0.39 is 0 Å². The van der Waals surface area contributed by atoms with E-state index in [1.54, 1.807) is 0 Å². The minimum atomic E-state index is 0.862. The number of aromatic nitrogens is 1. The van der Waals surface area contributed by atoms with Crippen molar-refractivity contribution in [2.75, 3.05) is 0 Å². The zero-order valence-electron chi connectivity index (χ0n) is 7.06. The number of thioether (sulfide) groups is 1. The van der Waals surface area contributed by atoms with Crippen LogP contribution in [0.15, 0.2) is 28.6 Å². The van der Waals surface area contributed by atoms with Gasteiger partial charge in [-0.2, -0.15) is 0 Å². The summed E-state index contributed by atoms with van der Waals surface area (Å²) in [5.74, 6) is 0. The second-order valence-corrected chi connectivity index (χ2v) is 5.84. The van der Waals surface area contributed by atoms with Crippen molar-refractivity contribution >= 4 is 33.3 Å². The fraction of sp³-hybridized carbons (Fsp3) is 0.300. The van der Waals surface area contributed by atoms with Crippen LogP contribution in [0.25, 0.3) is 10.2 Å². The Morgan fingerprint density at radius 2 is 2.15 bits per heavy atom. The third kappa shape index (κ3) is 1.58. The molecule has 0 unspecified atom stereocenters. The Bertz CT molecular complexity index is 398. The maximum Gasteiger partial charge on any atom is 0.151 e. The molecule has 13 heavy (non-hydrogen) atoms. The van der Waals surface area contributed by atoms with Gasteiger partial charge in [-0.1, -0.05) is 23.9 Å². The molecule has 1 aliphatic rings. The van der Waals surface area contributed by atoms with Crippen molar-refractivity contribution in [1.82, 2.24) is 4.98 Å². The van der Waals surface area contributed by atoms with Crippen LogP contribution < -0.4 is 0 Å². The molecule has 2 aromatic rings. The van der Waals surface area contributed by atoms with Crippen LogP contribution in [0.4, 0.5) is 0 Å². The molecule has 1 fully saturated rings. The zero-order valence-corrected chi connectivity index (χ0v) is 8.70. The average Bonchev–Trinajstić information content (AvgIpc) is 2.85. The lowest BCUT2D eigenvalue weighted by Gasteiger charge is -1.87. The number of hydrogen-bond donors (Lipinski definition) is 0. The van der Waals surface area contributed by atoms with Crippen molar-refractivity contribution in [3.63, 3.8) is 0 Å². The van der Waals surface area contributed by atoms with Gasteiger partial charge in [-0.05, 0) is 25.0 Å². The van der Waals surface area contributed by atoms with Crippen LogP contribution in [0.5, 0.6) is 0 Å². The number of hydrogen-bond acceptors (Lipinski definition) is 3. The number of fused-ring (bicyclic) bond motifs is 1. The van der Waals surface area contributed by atoms with E-state index in [2.05, 4.69) is 23.2 Å². The summed E-state index contributed by atoms with van der Waals surface area (Å²) in [6.45, 7) is 0. The number of benzene rings is 1. The van der Waals surface area contributed by atoms with Crippen LogP contribution in [0, 0.1) is 0 Å². The molecular formula is C10H9NS2. The maximum atomic E-state index is 4.57. The predicted molar refractivity (Wildman–Crippen MR) is 58.5 cm³/mol. The molecular weight excluding hydrogens is 198 g/mol. The van der Waals surface area contributed by atoms with Crippen molar-refractivity contribution < 1.29 is 0 Å². The van der Waals surface area contributed by atoms with Crippen molar-refractivity contribution in [2.24, 2.45) is 0 Å². The minimum Gasteiger partial charge on any atom is -0.230 e. The van der Waals surface area contributed by atoms with Crippen LogP contribution in [-0.4, -0.2) is 10.2 Å².